The van der Waals surface area contributed by atoms with Crippen LogP contribution < -0.4 is 10.7 Å². The molecule has 0 unspecified atom stereocenters. The molecule has 0 spiro atoms. The second-order valence-electron chi connectivity index (χ2n) is 5.79. The quantitative estimate of drug-likeness (QED) is 0.434. The number of nitrogens with zero attached hydrogens (tertiary/aromatic N) is 2. The molecular formula is C18H15F3N4OS2. The zero-order chi connectivity index (χ0) is 20.1. The number of alkyl halides is 3. The number of rotatable bonds is 6. The summed E-state index contributed by atoms with van der Waals surface area (Å²) in [6.45, 7) is 1.95. The molecule has 146 valence electrons. The highest BCUT2D eigenvalue weighted by Gasteiger charge is 2.30. The van der Waals surface area contributed by atoms with E-state index in [0.29, 0.717) is 10.8 Å². The average molecular weight is 424 g/mol. The van der Waals surface area contributed by atoms with Crippen LogP contribution in [0.3, 0.4) is 0 Å². The van der Waals surface area contributed by atoms with E-state index in [1.54, 1.807) is 11.6 Å². The summed E-state index contributed by atoms with van der Waals surface area (Å²) in [6.07, 6.45) is -2.81. The van der Waals surface area contributed by atoms with Crippen LogP contribution in [0.5, 0.6) is 0 Å². The van der Waals surface area contributed by atoms with Crippen molar-refractivity contribution in [2.75, 3.05) is 5.32 Å². The van der Waals surface area contributed by atoms with Crippen molar-refractivity contribution in [2.45, 2.75) is 19.5 Å². The molecule has 0 aliphatic rings. The molecule has 3 aromatic rings. The number of anilines is 2. The lowest BCUT2D eigenvalue weighted by Gasteiger charge is -2.08. The molecule has 2 aromatic heterocycles. The molecule has 0 bridgehead atoms. The lowest BCUT2D eigenvalue weighted by molar-refractivity contribution is -0.137. The van der Waals surface area contributed by atoms with E-state index in [2.05, 4.69) is 20.8 Å². The van der Waals surface area contributed by atoms with Crippen LogP contribution in [0.15, 0.2) is 46.2 Å². The largest absolute Gasteiger partial charge is 0.416 e. The molecule has 2 N–H and O–H groups in total. The van der Waals surface area contributed by atoms with Gasteiger partial charge in [-0.1, -0.05) is 6.07 Å². The molecule has 5 nitrogen and oxygen atoms in total. The van der Waals surface area contributed by atoms with Crippen LogP contribution in [0.4, 0.5) is 24.0 Å². The molecule has 0 aliphatic carbocycles. The van der Waals surface area contributed by atoms with Gasteiger partial charge in [-0.15, -0.1) is 22.7 Å². The van der Waals surface area contributed by atoms with Gasteiger partial charge in [-0.2, -0.15) is 18.3 Å². The number of thiazole rings is 1. The molecule has 10 heteroatoms. The number of aromatic nitrogens is 1. The van der Waals surface area contributed by atoms with E-state index in [9.17, 15) is 18.0 Å². The fourth-order valence-corrected chi connectivity index (χ4v) is 3.74. The maximum Gasteiger partial charge on any atom is 0.416 e. The Morgan fingerprint density at radius 3 is 2.82 bits per heavy atom. The molecule has 0 fully saturated rings. The van der Waals surface area contributed by atoms with Gasteiger partial charge in [0.2, 0.25) is 5.91 Å². The van der Waals surface area contributed by atoms with E-state index < -0.39 is 11.7 Å². The monoisotopic (exact) mass is 424 g/mol. The number of nitrogens with one attached hydrogen (secondary N) is 2. The molecule has 1 amide bonds. The molecule has 28 heavy (non-hydrogen) atoms. The van der Waals surface area contributed by atoms with E-state index in [1.165, 1.54) is 34.8 Å². The Morgan fingerprint density at radius 1 is 1.29 bits per heavy atom. The molecule has 0 saturated carbocycles. The number of thiophene rings is 1. The first-order valence-corrected chi connectivity index (χ1v) is 9.82. The zero-order valence-electron chi connectivity index (χ0n) is 14.6. The fraction of sp³-hybridized carbons (Fsp3) is 0.167. The summed E-state index contributed by atoms with van der Waals surface area (Å²) in [6, 6.07) is 6.81. The van der Waals surface area contributed by atoms with Crippen molar-refractivity contribution in [1.82, 2.24) is 10.4 Å². The van der Waals surface area contributed by atoms with Gasteiger partial charge in [-0.3, -0.25) is 4.79 Å². The summed E-state index contributed by atoms with van der Waals surface area (Å²) in [5, 5.41) is 10.8. The lowest BCUT2D eigenvalue weighted by atomic mass is 10.2. The third kappa shape index (κ3) is 5.40. The molecule has 0 atom stereocenters. The Hall–Kier alpha value is -2.72. The number of carbonyl (C=O) groups excluding carboxylic acids is 1. The number of amides is 1. The molecule has 1 aromatic carbocycles. The third-order valence-electron chi connectivity index (χ3n) is 3.61. The first-order chi connectivity index (χ1) is 13.3. The number of benzene rings is 1. The first-order valence-electron chi connectivity index (χ1n) is 8.06. The number of hydrogen-bond acceptors (Lipinski definition) is 6. The van der Waals surface area contributed by atoms with Gasteiger partial charge in [-0.25, -0.2) is 10.4 Å². The number of halogens is 3. The van der Waals surface area contributed by atoms with Gasteiger partial charge in [-0.05, 0) is 42.1 Å². The van der Waals surface area contributed by atoms with E-state index in [4.69, 9.17) is 0 Å². The number of hydrazone groups is 1. The summed E-state index contributed by atoms with van der Waals surface area (Å²) in [4.78, 5) is 17.1. The van der Waals surface area contributed by atoms with Crippen LogP contribution in [-0.4, -0.2) is 17.1 Å². The van der Waals surface area contributed by atoms with Crippen molar-refractivity contribution in [3.63, 3.8) is 0 Å². The van der Waals surface area contributed by atoms with Gasteiger partial charge >= 0.3 is 6.18 Å². The molecule has 0 radical (unpaired) electrons. The van der Waals surface area contributed by atoms with E-state index in [1.807, 2.05) is 18.4 Å². The summed E-state index contributed by atoms with van der Waals surface area (Å²) < 4.78 is 38.3. The molecule has 2 heterocycles. The molecule has 0 aliphatic heterocycles. The molecular weight excluding hydrogens is 409 g/mol. The second kappa shape index (κ2) is 8.53. The number of hydrogen-bond donors (Lipinski definition) is 2. The third-order valence-corrected chi connectivity index (χ3v) is 5.37. The normalized spacial score (nSPS) is 11.7. The van der Waals surface area contributed by atoms with Crippen LogP contribution in [0.25, 0.3) is 0 Å². The first kappa shape index (κ1) is 20.0. The molecule has 3 rings (SSSR count). The second-order valence-corrected chi connectivity index (χ2v) is 7.59. The van der Waals surface area contributed by atoms with Gasteiger partial charge in [0.1, 0.15) is 0 Å². The summed E-state index contributed by atoms with van der Waals surface area (Å²) >= 11 is 2.73. The fourth-order valence-electron chi connectivity index (χ4n) is 2.23. The van der Waals surface area contributed by atoms with E-state index in [-0.39, 0.29) is 18.0 Å². The van der Waals surface area contributed by atoms with E-state index >= 15 is 0 Å². The van der Waals surface area contributed by atoms with Crippen LogP contribution in [0, 0.1) is 6.92 Å². The van der Waals surface area contributed by atoms with Crippen molar-refractivity contribution in [1.29, 1.82) is 0 Å². The minimum Gasteiger partial charge on any atom is -0.332 e. The Bertz CT molecular complexity index is 995. The van der Waals surface area contributed by atoms with E-state index in [0.717, 1.165) is 22.6 Å². The predicted octanol–water partition coefficient (Wildman–Crippen LogP) is 4.97. The topological polar surface area (TPSA) is 66.4 Å². The van der Waals surface area contributed by atoms with Crippen molar-refractivity contribution < 1.29 is 18.0 Å². The summed E-state index contributed by atoms with van der Waals surface area (Å²) in [5.74, 6) is -0.332. The van der Waals surface area contributed by atoms with Crippen LogP contribution in [0.2, 0.25) is 0 Å². The highest BCUT2D eigenvalue weighted by atomic mass is 32.1. The standard InChI is InChI=1S/C18H15F3N4OS2/c1-11-5-6-27-15(11)9-22-25-16(26)8-14-10-28-17(24-14)23-13-4-2-3-12(7-13)18(19,20)21/h2-7,9-10H,8H2,1H3,(H,23,24)(H,25,26)/b22-9-. The van der Waals surface area contributed by atoms with Crippen molar-refractivity contribution in [3.8, 4) is 0 Å². The highest BCUT2D eigenvalue weighted by Crippen LogP contribution is 2.31. The van der Waals surface area contributed by atoms with Gasteiger partial charge in [0.05, 0.1) is 23.9 Å². The van der Waals surface area contributed by atoms with Crippen molar-refractivity contribution in [2.24, 2.45) is 5.10 Å². The minimum atomic E-state index is -4.41. The zero-order valence-corrected chi connectivity index (χ0v) is 16.2. The molecule has 0 saturated heterocycles. The maximum absolute atomic E-state index is 12.8. The van der Waals surface area contributed by atoms with Crippen molar-refractivity contribution in [3.05, 3.63) is 62.8 Å². The number of carbonyl (C=O) groups is 1. The van der Waals surface area contributed by atoms with Crippen LogP contribution >= 0.6 is 22.7 Å². The van der Waals surface area contributed by atoms with Crippen molar-refractivity contribution >= 4 is 45.6 Å². The summed E-state index contributed by atoms with van der Waals surface area (Å²) in [7, 11) is 0. The summed E-state index contributed by atoms with van der Waals surface area (Å²) in [5.41, 5.74) is 3.54. The van der Waals surface area contributed by atoms with Crippen LogP contribution in [-0.2, 0) is 17.4 Å². The Morgan fingerprint density at radius 2 is 2.11 bits per heavy atom. The van der Waals surface area contributed by atoms with Gasteiger partial charge in [0.15, 0.2) is 5.13 Å². The predicted molar refractivity (Wildman–Crippen MR) is 105 cm³/mol. The Kier molecular flexibility index (Phi) is 6.10. The average Bonchev–Trinajstić information content (AvgIpc) is 3.23. The Labute approximate surface area is 166 Å². The van der Waals surface area contributed by atoms with Gasteiger partial charge in [0, 0.05) is 15.9 Å². The highest BCUT2D eigenvalue weighted by molar-refractivity contribution is 7.13. The smallest absolute Gasteiger partial charge is 0.332 e. The maximum atomic E-state index is 12.8. The minimum absolute atomic E-state index is 0.0154. The Balaban J connectivity index is 1.56. The van der Waals surface area contributed by atoms with Gasteiger partial charge < -0.3 is 5.32 Å². The number of aryl methyl sites for hydroxylation is 1. The van der Waals surface area contributed by atoms with Gasteiger partial charge in [0.25, 0.3) is 0 Å². The lowest BCUT2D eigenvalue weighted by Crippen LogP contribution is -2.19. The van der Waals surface area contributed by atoms with Crippen LogP contribution in [0.1, 0.15) is 21.7 Å². The SMILES string of the molecule is Cc1ccsc1/C=N\NC(=O)Cc1csc(Nc2cccc(C(F)(F)F)c2)n1.